The van der Waals surface area contributed by atoms with Crippen molar-refractivity contribution in [3.63, 3.8) is 0 Å². The maximum Gasteiger partial charge on any atom is 0.269 e. The largest absolute Gasteiger partial charge is 0.351 e. The predicted octanol–water partition coefficient (Wildman–Crippen LogP) is 2.69. The third-order valence-electron chi connectivity index (χ3n) is 3.27. The Labute approximate surface area is 124 Å². The molecule has 0 aliphatic heterocycles. The first-order valence-electron chi connectivity index (χ1n) is 7.05. The lowest BCUT2D eigenvalue weighted by atomic mass is 9.92. The van der Waals surface area contributed by atoms with Crippen molar-refractivity contribution in [3.8, 4) is 0 Å². The number of nitrogen functional groups attached to an aromatic ring is 1. The van der Waals surface area contributed by atoms with E-state index in [2.05, 4.69) is 36.5 Å². The number of carbonyl (C=O) groups excluding carboxylic acids is 1. The topological polar surface area (TPSA) is 80.0 Å². The van der Waals surface area contributed by atoms with Crippen molar-refractivity contribution >= 4 is 22.5 Å². The van der Waals surface area contributed by atoms with Gasteiger partial charge >= 0.3 is 0 Å². The van der Waals surface area contributed by atoms with E-state index in [-0.39, 0.29) is 11.3 Å². The van der Waals surface area contributed by atoms with Gasteiger partial charge in [0.25, 0.3) is 5.91 Å². The molecule has 21 heavy (non-hydrogen) atoms. The Morgan fingerprint density at radius 1 is 1.29 bits per heavy atom. The second kappa shape index (κ2) is 6.10. The Kier molecular flexibility index (Phi) is 4.43. The van der Waals surface area contributed by atoms with Gasteiger partial charge in [0, 0.05) is 11.9 Å². The van der Waals surface area contributed by atoms with Gasteiger partial charge in [-0.25, -0.2) is 10.8 Å². The highest BCUT2D eigenvalue weighted by molar-refractivity contribution is 6.00. The molecule has 5 heteroatoms. The second-order valence-electron chi connectivity index (χ2n) is 6.29. The molecule has 0 aliphatic rings. The number of hydrogen-bond donors (Lipinski definition) is 3. The number of pyridine rings is 1. The second-order valence-corrected chi connectivity index (χ2v) is 6.29. The zero-order chi connectivity index (χ0) is 15.5. The van der Waals surface area contributed by atoms with Crippen molar-refractivity contribution in [3.05, 3.63) is 36.0 Å². The molecule has 0 spiro atoms. The zero-order valence-electron chi connectivity index (χ0n) is 12.7. The van der Waals surface area contributed by atoms with E-state index in [0.29, 0.717) is 18.1 Å². The van der Waals surface area contributed by atoms with E-state index in [4.69, 9.17) is 5.84 Å². The molecule has 0 aliphatic carbocycles. The molecule has 0 saturated carbocycles. The van der Waals surface area contributed by atoms with Crippen LogP contribution in [0.5, 0.6) is 0 Å². The first-order valence-corrected chi connectivity index (χ1v) is 7.05. The SMILES string of the molecule is CC(C)(C)CCNC(=O)c1cc2ccccc2c(NN)n1. The summed E-state index contributed by atoms with van der Waals surface area (Å²) in [7, 11) is 0. The van der Waals surface area contributed by atoms with Crippen molar-refractivity contribution in [2.45, 2.75) is 27.2 Å². The van der Waals surface area contributed by atoms with Gasteiger partial charge in [-0.3, -0.25) is 4.79 Å². The fraction of sp³-hybridized carbons (Fsp3) is 0.375. The number of hydrazine groups is 1. The van der Waals surface area contributed by atoms with Crippen LogP contribution in [0.3, 0.4) is 0 Å². The molecule has 0 atom stereocenters. The monoisotopic (exact) mass is 286 g/mol. The smallest absolute Gasteiger partial charge is 0.269 e. The van der Waals surface area contributed by atoms with Crippen molar-refractivity contribution in [2.24, 2.45) is 11.3 Å². The number of anilines is 1. The van der Waals surface area contributed by atoms with Gasteiger partial charge in [-0.1, -0.05) is 45.0 Å². The quantitative estimate of drug-likeness (QED) is 0.596. The number of rotatable bonds is 4. The van der Waals surface area contributed by atoms with Crippen LogP contribution in [0.25, 0.3) is 10.8 Å². The fourth-order valence-electron chi connectivity index (χ4n) is 2.07. The molecule has 0 fully saturated rings. The number of nitrogens with two attached hydrogens (primary N) is 1. The van der Waals surface area contributed by atoms with Gasteiger partial charge in [0.1, 0.15) is 11.5 Å². The first-order chi connectivity index (χ1) is 9.90. The molecule has 1 amide bonds. The number of amides is 1. The summed E-state index contributed by atoms with van der Waals surface area (Å²) in [6.45, 7) is 7.06. The summed E-state index contributed by atoms with van der Waals surface area (Å²) in [4.78, 5) is 16.5. The summed E-state index contributed by atoms with van der Waals surface area (Å²) in [6.07, 6.45) is 0.911. The molecule has 1 aromatic carbocycles. The van der Waals surface area contributed by atoms with Gasteiger partial charge in [-0.05, 0) is 23.3 Å². The summed E-state index contributed by atoms with van der Waals surface area (Å²) >= 11 is 0. The van der Waals surface area contributed by atoms with Crippen LogP contribution in [0.15, 0.2) is 30.3 Å². The molecule has 1 heterocycles. The minimum absolute atomic E-state index is 0.179. The maximum atomic E-state index is 12.2. The van der Waals surface area contributed by atoms with E-state index in [1.165, 1.54) is 0 Å². The molecule has 0 bridgehead atoms. The lowest BCUT2D eigenvalue weighted by molar-refractivity contribution is 0.0945. The average molecular weight is 286 g/mol. The highest BCUT2D eigenvalue weighted by atomic mass is 16.1. The van der Waals surface area contributed by atoms with Gasteiger partial charge in [0.15, 0.2) is 0 Å². The summed E-state index contributed by atoms with van der Waals surface area (Å²) in [5.41, 5.74) is 3.11. The van der Waals surface area contributed by atoms with E-state index in [1.54, 1.807) is 6.07 Å². The molecular weight excluding hydrogens is 264 g/mol. The minimum atomic E-state index is -0.179. The number of nitrogens with one attached hydrogen (secondary N) is 2. The zero-order valence-corrected chi connectivity index (χ0v) is 12.7. The predicted molar refractivity (Wildman–Crippen MR) is 86.0 cm³/mol. The summed E-state index contributed by atoms with van der Waals surface area (Å²) in [6, 6.07) is 9.46. The molecule has 2 rings (SSSR count). The molecule has 0 radical (unpaired) electrons. The van der Waals surface area contributed by atoms with E-state index in [9.17, 15) is 4.79 Å². The Morgan fingerprint density at radius 3 is 2.67 bits per heavy atom. The summed E-state index contributed by atoms with van der Waals surface area (Å²) < 4.78 is 0. The van der Waals surface area contributed by atoms with Gasteiger partial charge in [-0.2, -0.15) is 0 Å². The number of benzene rings is 1. The van der Waals surface area contributed by atoms with Crippen LogP contribution in [0.4, 0.5) is 5.82 Å². The molecule has 0 saturated heterocycles. The molecule has 1 aromatic heterocycles. The van der Waals surface area contributed by atoms with E-state index in [1.807, 2.05) is 24.3 Å². The first kappa shape index (κ1) is 15.3. The Bertz CT molecular complexity index is 646. The molecule has 4 N–H and O–H groups in total. The molecule has 2 aromatic rings. The Morgan fingerprint density at radius 2 is 2.00 bits per heavy atom. The lowest BCUT2D eigenvalue weighted by Crippen LogP contribution is -2.28. The molecule has 5 nitrogen and oxygen atoms in total. The molecular formula is C16H22N4O. The standard InChI is InChI=1S/C16H22N4O/c1-16(2,3)8-9-18-15(21)13-10-11-6-4-5-7-12(11)14(19-13)20-17/h4-7,10H,8-9,17H2,1-3H3,(H,18,21)(H,19,20). The Hall–Kier alpha value is -2.14. The highest BCUT2D eigenvalue weighted by Crippen LogP contribution is 2.22. The number of fused-ring (bicyclic) bond motifs is 1. The molecule has 112 valence electrons. The van der Waals surface area contributed by atoms with Gasteiger partial charge in [0.05, 0.1) is 0 Å². The van der Waals surface area contributed by atoms with Crippen LogP contribution in [-0.2, 0) is 0 Å². The van der Waals surface area contributed by atoms with E-state index < -0.39 is 0 Å². The maximum absolute atomic E-state index is 12.2. The van der Waals surface area contributed by atoms with E-state index >= 15 is 0 Å². The minimum Gasteiger partial charge on any atom is -0.351 e. The summed E-state index contributed by atoms with van der Waals surface area (Å²) in [5, 5.41) is 4.73. The third-order valence-corrected chi connectivity index (χ3v) is 3.27. The van der Waals surface area contributed by atoms with Gasteiger partial charge in [0.2, 0.25) is 0 Å². The van der Waals surface area contributed by atoms with Crippen molar-refractivity contribution in [1.82, 2.24) is 10.3 Å². The van der Waals surface area contributed by atoms with Gasteiger partial charge < -0.3 is 10.7 Å². The van der Waals surface area contributed by atoms with Gasteiger partial charge in [-0.15, -0.1) is 0 Å². The summed E-state index contributed by atoms with van der Waals surface area (Å²) in [5.74, 6) is 5.83. The van der Waals surface area contributed by atoms with Crippen LogP contribution in [-0.4, -0.2) is 17.4 Å². The lowest BCUT2D eigenvalue weighted by Gasteiger charge is -2.18. The number of hydrogen-bond acceptors (Lipinski definition) is 4. The van der Waals surface area contributed by atoms with Crippen LogP contribution < -0.4 is 16.6 Å². The van der Waals surface area contributed by atoms with Crippen LogP contribution in [0.1, 0.15) is 37.7 Å². The normalized spacial score (nSPS) is 11.4. The number of carbonyl (C=O) groups is 1. The van der Waals surface area contributed by atoms with Crippen molar-refractivity contribution < 1.29 is 4.79 Å². The van der Waals surface area contributed by atoms with Crippen LogP contribution >= 0.6 is 0 Å². The van der Waals surface area contributed by atoms with Crippen LogP contribution in [0, 0.1) is 5.41 Å². The number of aromatic nitrogens is 1. The highest BCUT2D eigenvalue weighted by Gasteiger charge is 2.14. The van der Waals surface area contributed by atoms with Crippen molar-refractivity contribution in [2.75, 3.05) is 12.0 Å². The van der Waals surface area contributed by atoms with E-state index in [0.717, 1.165) is 17.2 Å². The van der Waals surface area contributed by atoms with Crippen LogP contribution in [0.2, 0.25) is 0 Å². The fourth-order valence-corrected chi connectivity index (χ4v) is 2.07. The molecule has 0 unspecified atom stereocenters. The Balaban J connectivity index is 2.20. The third kappa shape index (κ3) is 3.92. The van der Waals surface area contributed by atoms with Crippen molar-refractivity contribution in [1.29, 1.82) is 0 Å². The number of nitrogens with zero attached hydrogens (tertiary/aromatic N) is 1. The average Bonchev–Trinajstić information content (AvgIpc) is 2.44.